The maximum absolute atomic E-state index is 13.5. The summed E-state index contributed by atoms with van der Waals surface area (Å²) in [4.78, 5) is 69.4. The van der Waals surface area contributed by atoms with E-state index in [0.29, 0.717) is 17.7 Å². The molecule has 0 saturated carbocycles. The van der Waals surface area contributed by atoms with Gasteiger partial charge in [0.15, 0.2) is 5.96 Å². The first-order valence-corrected chi connectivity index (χ1v) is 14.5. The smallest absolute Gasteiger partial charge is 0.326 e. The van der Waals surface area contributed by atoms with Crippen molar-refractivity contribution in [1.29, 1.82) is 0 Å². The number of nitrogens with zero attached hydrogens (tertiary/aromatic N) is 1. The lowest BCUT2D eigenvalue weighted by Gasteiger charge is -2.24. The van der Waals surface area contributed by atoms with Gasteiger partial charge in [0.2, 0.25) is 17.7 Å². The van der Waals surface area contributed by atoms with Crippen LogP contribution in [0.25, 0.3) is 10.9 Å². The monoisotopic (exact) mass is 606 g/mol. The molecular weight excluding hydrogens is 568 g/mol. The highest BCUT2D eigenvalue weighted by atomic mass is 32.2. The second-order valence-electron chi connectivity index (χ2n) is 9.52. The summed E-state index contributed by atoms with van der Waals surface area (Å²) >= 11 is 1.38. The van der Waals surface area contributed by atoms with Gasteiger partial charge < -0.3 is 48.3 Å². The molecule has 0 spiro atoms. The number of thioether (sulfide) groups is 1. The van der Waals surface area contributed by atoms with Crippen LogP contribution in [0, 0.1) is 0 Å². The number of guanidine groups is 1. The summed E-state index contributed by atoms with van der Waals surface area (Å²) in [5, 5.41) is 26.9. The molecule has 0 aliphatic rings. The van der Waals surface area contributed by atoms with Crippen molar-refractivity contribution in [2.75, 3.05) is 18.6 Å². The minimum atomic E-state index is -1.61. The second kappa shape index (κ2) is 16.8. The number of para-hydroxylation sites is 1. The number of aliphatic imine (C=N–C) groups is 1. The summed E-state index contributed by atoms with van der Waals surface area (Å²) in [5.74, 6) is -4.84. The van der Waals surface area contributed by atoms with E-state index in [0.717, 1.165) is 10.9 Å². The van der Waals surface area contributed by atoms with Crippen LogP contribution in [-0.4, -0.2) is 93.5 Å². The number of aromatic amines is 1. The third-order valence-corrected chi connectivity index (χ3v) is 6.92. The summed E-state index contributed by atoms with van der Waals surface area (Å²) in [5.41, 5.74) is 18.1. The average Bonchev–Trinajstić information content (AvgIpc) is 3.34. The third-order valence-electron chi connectivity index (χ3n) is 6.27. The molecule has 2 aromatic rings. The fraction of sp³-hybridized carbons (Fsp3) is 0.462. The van der Waals surface area contributed by atoms with Crippen LogP contribution in [0.3, 0.4) is 0 Å². The highest BCUT2D eigenvalue weighted by molar-refractivity contribution is 7.98. The van der Waals surface area contributed by atoms with Gasteiger partial charge in [-0.1, -0.05) is 18.2 Å². The van der Waals surface area contributed by atoms with E-state index >= 15 is 0 Å². The Hall–Kier alpha value is -4.31. The van der Waals surface area contributed by atoms with Crippen LogP contribution < -0.4 is 33.2 Å². The number of hydrogen-bond donors (Lipinski definition) is 9. The third kappa shape index (κ3) is 10.9. The van der Waals surface area contributed by atoms with Crippen LogP contribution in [0.15, 0.2) is 35.5 Å². The van der Waals surface area contributed by atoms with Crippen LogP contribution >= 0.6 is 11.8 Å². The lowest BCUT2D eigenvalue weighted by atomic mass is 10.0. The summed E-state index contributed by atoms with van der Waals surface area (Å²) in [6.45, 7) is 0.253. The number of aromatic nitrogens is 1. The molecule has 1 aromatic heterocycles. The van der Waals surface area contributed by atoms with Crippen molar-refractivity contribution in [3.63, 3.8) is 0 Å². The molecule has 4 unspecified atom stereocenters. The number of nitrogens with one attached hydrogen (secondary N) is 4. The molecule has 0 aliphatic carbocycles. The van der Waals surface area contributed by atoms with E-state index < -0.39 is 60.2 Å². The minimum absolute atomic E-state index is 0.0187. The van der Waals surface area contributed by atoms with E-state index in [2.05, 4.69) is 25.9 Å². The Kier molecular flexibility index (Phi) is 13.6. The molecule has 4 atom stereocenters. The Labute approximate surface area is 246 Å². The molecule has 230 valence electrons. The summed E-state index contributed by atoms with van der Waals surface area (Å²) in [6.07, 6.45) is 3.31. The number of amides is 3. The van der Waals surface area contributed by atoms with Crippen molar-refractivity contribution in [2.45, 2.75) is 56.3 Å². The van der Waals surface area contributed by atoms with E-state index in [9.17, 15) is 34.2 Å². The van der Waals surface area contributed by atoms with Crippen molar-refractivity contribution in [2.24, 2.45) is 22.2 Å². The molecule has 0 radical (unpaired) electrons. The zero-order valence-corrected chi connectivity index (χ0v) is 24.0. The largest absolute Gasteiger partial charge is 0.481 e. The van der Waals surface area contributed by atoms with Crippen molar-refractivity contribution in [1.82, 2.24) is 20.9 Å². The Balaban J connectivity index is 2.26. The number of hydrogen-bond acceptors (Lipinski definition) is 8. The first-order valence-electron chi connectivity index (χ1n) is 13.1. The predicted octanol–water partition coefficient (Wildman–Crippen LogP) is -1.14. The molecule has 0 fully saturated rings. The quantitative estimate of drug-likeness (QED) is 0.0556. The van der Waals surface area contributed by atoms with Gasteiger partial charge in [-0.25, -0.2) is 4.79 Å². The molecule has 42 heavy (non-hydrogen) atoms. The summed E-state index contributed by atoms with van der Waals surface area (Å²) in [7, 11) is 0. The number of benzene rings is 1. The number of nitrogens with two attached hydrogens (primary N) is 3. The van der Waals surface area contributed by atoms with Crippen molar-refractivity contribution in [3.8, 4) is 0 Å². The van der Waals surface area contributed by atoms with Gasteiger partial charge in [0.1, 0.15) is 18.1 Å². The van der Waals surface area contributed by atoms with Gasteiger partial charge in [-0.2, -0.15) is 11.8 Å². The first kappa shape index (κ1) is 33.9. The van der Waals surface area contributed by atoms with Gasteiger partial charge >= 0.3 is 11.9 Å². The Morgan fingerprint density at radius 2 is 1.60 bits per heavy atom. The molecule has 15 nitrogen and oxygen atoms in total. The molecule has 16 heteroatoms. The van der Waals surface area contributed by atoms with E-state index in [1.165, 1.54) is 11.8 Å². The number of carboxylic acids is 2. The summed E-state index contributed by atoms with van der Waals surface area (Å²) in [6, 6.07) is 2.15. The number of carbonyl (C=O) groups is 5. The van der Waals surface area contributed by atoms with Crippen LogP contribution in [-0.2, 0) is 30.4 Å². The Morgan fingerprint density at radius 1 is 0.952 bits per heavy atom. The van der Waals surface area contributed by atoms with Gasteiger partial charge in [-0.05, 0) is 42.9 Å². The van der Waals surface area contributed by atoms with Gasteiger partial charge in [0.05, 0.1) is 12.5 Å². The zero-order valence-electron chi connectivity index (χ0n) is 23.2. The molecular formula is C26H38N8O7S. The van der Waals surface area contributed by atoms with Crippen LogP contribution in [0.1, 0.15) is 31.2 Å². The maximum Gasteiger partial charge on any atom is 0.326 e. The predicted molar refractivity (Wildman–Crippen MR) is 159 cm³/mol. The number of aliphatic carboxylic acids is 2. The van der Waals surface area contributed by atoms with Gasteiger partial charge in [0.25, 0.3) is 0 Å². The van der Waals surface area contributed by atoms with Crippen LogP contribution in [0.5, 0.6) is 0 Å². The van der Waals surface area contributed by atoms with Gasteiger partial charge in [-0.15, -0.1) is 0 Å². The van der Waals surface area contributed by atoms with E-state index in [1.807, 2.05) is 24.3 Å². The molecule has 1 aromatic carbocycles. The highest BCUT2D eigenvalue weighted by Gasteiger charge is 2.32. The number of carbonyl (C=O) groups excluding carboxylic acids is 3. The van der Waals surface area contributed by atoms with E-state index in [4.69, 9.17) is 17.2 Å². The van der Waals surface area contributed by atoms with Crippen LogP contribution in [0.2, 0.25) is 0 Å². The van der Waals surface area contributed by atoms with E-state index in [1.54, 1.807) is 12.5 Å². The normalized spacial score (nSPS) is 13.8. The minimum Gasteiger partial charge on any atom is -0.481 e. The lowest BCUT2D eigenvalue weighted by molar-refractivity contribution is -0.143. The van der Waals surface area contributed by atoms with Crippen LogP contribution in [0.4, 0.5) is 0 Å². The van der Waals surface area contributed by atoms with Crippen molar-refractivity contribution in [3.05, 3.63) is 36.0 Å². The maximum atomic E-state index is 13.5. The molecule has 3 amide bonds. The summed E-state index contributed by atoms with van der Waals surface area (Å²) < 4.78 is 0. The molecule has 12 N–H and O–H groups in total. The SMILES string of the molecule is CSCCC(NC(=O)C(CC(=O)O)NC(=O)C(Cc1c[nH]c2ccccc12)NC(=O)C(N)CCCN=C(N)N)C(=O)O. The molecule has 0 bridgehead atoms. The van der Waals surface area contributed by atoms with Gasteiger partial charge in [0, 0.05) is 30.1 Å². The van der Waals surface area contributed by atoms with Crippen molar-refractivity contribution < 1.29 is 34.2 Å². The van der Waals surface area contributed by atoms with E-state index in [-0.39, 0.29) is 31.8 Å². The standard InChI is InChI=1S/C26H38N8O7S/c1-42-10-8-18(25(40)41)32-24(39)20(12-21(35)36)34-23(38)19(11-14-13-31-17-7-3-2-5-15(14)17)33-22(37)16(27)6-4-9-30-26(28)29/h2-3,5,7,13,16,18-20,31H,4,6,8-12,27H2,1H3,(H,32,39)(H,33,37)(H,34,38)(H,35,36)(H,40,41)(H4,28,29,30). The zero-order chi connectivity index (χ0) is 31.2. The Bertz CT molecular complexity index is 1280. The molecule has 1 heterocycles. The van der Waals surface area contributed by atoms with Gasteiger partial charge in [-0.3, -0.25) is 24.2 Å². The van der Waals surface area contributed by atoms with Crippen molar-refractivity contribution >= 4 is 58.3 Å². The number of fused-ring (bicyclic) bond motifs is 1. The number of carboxylic acid groups (broad SMARTS) is 2. The molecule has 0 aliphatic heterocycles. The Morgan fingerprint density at radius 3 is 2.24 bits per heavy atom. The molecule has 0 saturated heterocycles. The lowest BCUT2D eigenvalue weighted by Crippen LogP contribution is -2.58. The number of H-pyrrole nitrogens is 1. The molecule has 2 rings (SSSR count). The second-order valence-corrected chi connectivity index (χ2v) is 10.5. The average molecular weight is 607 g/mol. The fourth-order valence-corrected chi connectivity index (χ4v) is 4.55. The highest BCUT2D eigenvalue weighted by Crippen LogP contribution is 2.19. The fourth-order valence-electron chi connectivity index (χ4n) is 4.08. The topological polar surface area (TPSA) is 268 Å². The first-order chi connectivity index (χ1) is 19.9. The number of rotatable bonds is 18.